The minimum Gasteiger partial charge on any atom is -0.479 e. The van der Waals surface area contributed by atoms with Crippen molar-refractivity contribution in [2.24, 2.45) is 0 Å². The monoisotopic (exact) mass is 290 g/mol. The standard InChI is InChI=1S/C10H8F2N2O6/c11-4-1-5(8(12)6(2-4)14(19)20)9(16)13-3-7(15)10(17)18/h1-2,7,15H,3H2,(H,13,16)(H,17,18)/t7-/m0/s1. The summed E-state index contributed by atoms with van der Waals surface area (Å²) in [6, 6.07) is 0.725. The number of rotatable bonds is 5. The predicted molar refractivity (Wildman–Crippen MR) is 59.0 cm³/mol. The molecule has 3 N–H and O–H groups in total. The van der Waals surface area contributed by atoms with E-state index in [1.807, 2.05) is 5.32 Å². The molecule has 1 aromatic carbocycles. The fraction of sp³-hybridized carbons (Fsp3) is 0.200. The zero-order chi connectivity index (χ0) is 15.4. The molecule has 0 saturated carbocycles. The maximum absolute atomic E-state index is 13.6. The minimum atomic E-state index is -1.94. The molecular formula is C10H8F2N2O6. The Hall–Kier alpha value is -2.62. The minimum absolute atomic E-state index is 0.304. The average Bonchev–Trinajstić information content (AvgIpc) is 2.37. The van der Waals surface area contributed by atoms with Gasteiger partial charge in [-0.05, 0) is 6.07 Å². The molecule has 0 fully saturated rings. The first kappa shape index (κ1) is 15.4. The van der Waals surface area contributed by atoms with Gasteiger partial charge in [-0.1, -0.05) is 0 Å². The number of carboxylic acids is 1. The Kier molecular flexibility index (Phi) is 4.64. The molecule has 0 heterocycles. The molecule has 0 spiro atoms. The first-order valence-electron chi connectivity index (χ1n) is 5.06. The summed E-state index contributed by atoms with van der Waals surface area (Å²) in [6.07, 6.45) is -1.94. The smallest absolute Gasteiger partial charge is 0.334 e. The van der Waals surface area contributed by atoms with Crippen LogP contribution in [0, 0.1) is 21.7 Å². The summed E-state index contributed by atoms with van der Waals surface area (Å²) in [7, 11) is 0. The van der Waals surface area contributed by atoms with Crippen molar-refractivity contribution < 1.29 is 33.5 Å². The van der Waals surface area contributed by atoms with Crippen LogP contribution in [0.25, 0.3) is 0 Å². The number of carbonyl (C=O) groups is 2. The number of carbonyl (C=O) groups excluding carboxylic acids is 1. The SMILES string of the molecule is O=C(NC[C@H](O)C(=O)O)c1cc(F)cc([N+](=O)[O-])c1F. The number of carboxylic acid groups (broad SMARTS) is 1. The van der Waals surface area contributed by atoms with Crippen molar-refractivity contribution in [3.63, 3.8) is 0 Å². The maximum atomic E-state index is 13.6. The molecule has 0 saturated heterocycles. The molecule has 0 aliphatic carbocycles. The van der Waals surface area contributed by atoms with E-state index in [2.05, 4.69) is 0 Å². The Labute approximate surface area is 109 Å². The van der Waals surface area contributed by atoms with Crippen LogP contribution in [0.2, 0.25) is 0 Å². The molecular weight excluding hydrogens is 282 g/mol. The number of nitrogens with zero attached hydrogens (tertiary/aromatic N) is 1. The van der Waals surface area contributed by atoms with Gasteiger partial charge < -0.3 is 15.5 Å². The zero-order valence-electron chi connectivity index (χ0n) is 9.67. The van der Waals surface area contributed by atoms with Gasteiger partial charge in [0.2, 0.25) is 5.82 Å². The number of nitro benzene ring substituents is 1. The summed E-state index contributed by atoms with van der Waals surface area (Å²) in [5, 5.41) is 29.5. The largest absolute Gasteiger partial charge is 0.479 e. The van der Waals surface area contributed by atoms with Crippen LogP contribution in [0.3, 0.4) is 0 Å². The number of amides is 1. The number of aliphatic carboxylic acids is 1. The van der Waals surface area contributed by atoms with Crippen LogP contribution < -0.4 is 5.32 Å². The third-order valence-corrected chi connectivity index (χ3v) is 2.20. The second-order valence-electron chi connectivity index (χ2n) is 3.61. The Morgan fingerprint density at radius 1 is 1.40 bits per heavy atom. The van der Waals surface area contributed by atoms with Gasteiger partial charge in [-0.25, -0.2) is 9.18 Å². The maximum Gasteiger partial charge on any atom is 0.334 e. The van der Waals surface area contributed by atoms with Crippen molar-refractivity contribution in [2.75, 3.05) is 6.54 Å². The van der Waals surface area contributed by atoms with Gasteiger partial charge in [0.1, 0.15) is 5.82 Å². The van der Waals surface area contributed by atoms with E-state index in [9.17, 15) is 28.5 Å². The summed E-state index contributed by atoms with van der Waals surface area (Å²) in [5.74, 6) is -5.68. The number of nitro groups is 1. The number of hydrogen-bond acceptors (Lipinski definition) is 5. The van der Waals surface area contributed by atoms with E-state index in [4.69, 9.17) is 10.2 Å². The average molecular weight is 290 g/mol. The normalized spacial score (nSPS) is 11.8. The summed E-state index contributed by atoms with van der Waals surface area (Å²) >= 11 is 0. The second-order valence-corrected chi connectivity index (χ2v) is 3.61. The molecule has 1 rings (SSSR count). The van der Waals surface area contributed by atoms with Crippen LogP contribution in [0.1, 0.15) is 10.4 Å². The number of halogens is 2. The molecule has 1 aromatic rings. The number of hydrogen-bond donors (Lipinski definition) is 3. The van der Waals surface area contributed by atoms with Gasteiger partial charge in [-0.15, -0.1) is 0 Å². The van der Waals surface area contributed by atoms with Gasteiger partial charge in [0.05, 0.1) is 23.1 Å². The van der Waals surface area contributed by atoms with Crippen molar-refractivity contribution in [3.05, 3.63) is 39.4 Å². The van der Waals surface area contributed by atoms with Gasteiger partial charge in [0, 0.05) is 0 Å². The van der Waals surface area contributed by atoms with E-state index in [1.54, 1.807) is 0 Å². The van der Waals surface area contributed by atoms with Gasteiger partial charge >= 0.3 is 11.7 Å². The highest BCUT2D eigenvalue weighted by Gasteiger charge is 2.25. The molecule has 0 aliphatic heterocycles. The first-order chi connectivity index (χ1) is 9.23. The highest BCUT2D eigenvalue weighted by molar-refractivity contribution is 5.95. The van der Waals surface area contributed by atoms with Gasteiger partial charge in [0.15, 0.2) is 6.10 Å². The lowest BCUT2D eigenvalue weighted by Gasteiger charge is -2.08. The fourth-order valence-corrected chi connectivity index (χ4v) is 1.24. The third-order valence-electron chi connectivity index (χ3n) is 2.20. The van der Waals surface area contributed by atoms with E-state index in [0.717, 1.165) is 0 Å². The zero-order valence-corrected chi connectivity index (χ0v) is 9.67. The van der Waals surface area contributed by atoms with E-state index in [1.165, 1.54) is 0 Å². The van der Waals surface area contributed by atoms with Crippen LogP contribution in [-0.4, -0.2) is 39.7 Å². The Morgan fingerprint density at radius 2 is 2.00 bits per heavy atom. The van der Waals surface area contributed by atoms with Gasteiger partial charge in [-0.2, -0.15) is 4.39 Å². The molecule has 1 amide bonds. The third kappa shape index (κ3) is 3.45. The molecule has 10 heteroatoms. The summed E-state index contributed by atoms with van der Waals surface area (Å²) in [4.78, 5) is 31.0. The molecule has 0 bridgehead atoms. The summed E-state index contributed by atoms with van der Waals surface area (Å²) in [6.45, 7) is -0.766. The number of nitrogens with one attached hydrogen (secondary N) is 1. The number of benzene rings is 1. The van der Waals surface area contributed by atoms with Gasteiger partial charge in [0.25, 0.3) is 5.91 Å². The van der Waals surface area contributed by atoms with E-state index < -0.39 is 52.3 Å². The number of aliphatic hydroxyl groups excluding tert-OH is 1. The van der Waals surface area contributed by atoms with E-state index in [-0.39, 0.29) is 0 Å². The van der Waals surface area contributed by atoms with Crippen molar-refractivity contribution >= 4 is 17.6 Å². The molecule has 1 atom stereocenters. The van der Waals surface area contributed by atoms with E-state index in [0.29, 0.717) is 12.1 Å². The Balaban J connectivity index is 2.99. The highest BCUT2D eigenvalue weighted by atomic mass is 19.1. The second kappa shape index (κ2) is 6.02. The fourth-order valence-electron chi connectivity index (χ4n) is 1.24. The van der Waals surface area contributed by atoms with Gasteiger partial charge in [-0.3, -0.25) is 14.9 Å². The topological polar surface area (TPSA) is 130 Å². The van der Waals surface area contributed by atoms with Crippen LogP contribution in [-0.2, 0) is 4.79 Å². The summed E-state index contributed by atoms with van der Waals surface area (Å²) < 4.78 is 26.6. The van der Waals surface area contributed by atoms with Crippen molar-refractivity contribution in [3.8, 4) is 0 Å². The van der Waals surface area contributed by atoms with E-state index >= 15 is 0 Å². The first-order valence-corrected chi connectivity index (χ1v) is 5.06. The van der Waals surface area contributed by atoms with Crippen molar-refractivity contribution in [2.45, 2.75) is 6.10 Å². The van der Waals surface area contributed by atoms with Crippen molar-refractivity contribution in [1.82, 2.24) is 5.32 Å². The Bertz CT molecular complexity index is 577. The lowest BCUT2D eigenvalue weighted by molar-refractivity contribution is -0.387. The van der Waals surface area contributed by atoms with Crippen LogP contribution >= 0.6 is 0 Å². The lowest BCUT2D eigenvalue weighted by Crippen LogP contribution is -2.36. The molecule has 0 aromatic heterocycles. The Morgan fingerprint density at radius 3 is 2.50 bits per heavy atom. The highest BCUT2D eigenvalue weighted by Crippen LogP contribution is 2.22. The quantitative estimate of drug-likeness (QED) is 0.519. The molecule has 0 unspecified atom stereocenters. The molecule has 0 radical (unpaired) electrons. The molecule has 20 heavy (non-hydrogen) atoms. The van der Waals surface area contributed by atoms with Crippen LogP contribution in [0.5, 0.6) is 0 Å². The lowest BCUT2D eigenvalue weighted by atomic mass is 10.1. The summed E-state index contributed by atoms with van der Waals surface area (Å²) in [5.41, 5.74) is -2.19. The van der Waals surface area contributed by atoms with Crippen LogP contribution in [0.15, 0.2) is 12.1 Å². The van der Waals surface area contributed by atoms with Crippen LogP contribution in [0.4, 0.5) is 14.5 Å². The predicted octanol–water partition coefficient (Wildman–Crippen LogP) is 0.0483. The van der Waals surface area contributed by atoms with Crippen molar-refractivity contribution in [1.29, 1.82) is 0 Å². The number of aliphatic hydroxyl groups is 1. The molecule has 0 aliphatic rings. The molecule has 108 valence electrons. The molecule has 8 nitrogen and oxygen atoms in total.